The standard InChI is InChI=1S/C15H15ClN2O2/c1-10(11-5-3-2-4-6-11)9-17-14-12(15(19)20)7-8-13(16)18-14/h2-8,10H,9H2,1H3,(H,17,18)(H,19,20). The molecule has 1 heterocycles. The molecule has 0 saturated carbocycles. The Balaban J connectivity index is 2.11. The average Bonchev–Trinajstić information content (AvgIpc) is 2.45. The van der Waals surface area contributed by atoms with Crippen molar-refractivity contribution in [2.24, 2.45) is 0 Å². The van der Waals surface area contributed by atoms with E-state index in [0.717, 1.165) is 0 Å². The molecular weight excluding hydrogens is 276 g/mol. The predicted octanol–water partition coefficient (Wildman–Crippen LogP) is 3.65. The molecule has 1 aromatic carbocycles. The maximum Gasteiger partial charge on any atom is 0.339 e. The van der Waals surface area contributed by atoms with Gasteiger partial charge in [0.2, 0.25) is 0 Å². The lowest BCUT2D eigenvalue weighted by Gasteiger charge is -2.14. The average molecular weight is 291 g/mol. The molecule has 0 saturated heterocycles. The molecule has 0 aliphatic rings. The van der Waals surface area contributed by atoms with Gasteiger partial charge in [-0.25, -0.2) is 9.78 Å². The minimum Gasteiger partial charge on any atom is -0.478 e. The monoisotopic (exact) mass is 290 g/mol. The Bertz CT molecular complexity index is 602. The number of aromatic carboxylic acids is 1. The summed E-state index contributed by atoms with van der Waals surface area (Å²) in [4.78, 5) is 15.2. The van der Waals surface area contributed by atoms with Gasteiger partial charge in [0.1, 0.15) is 16.5 Å². The number of rotatable bonds is 5. The molecule has 2 N–H and O–H groups in total. The van der Waals surface area contributed by atoms with Gasteiger partial charge in [-0.1, -0.05) is 48.9 Å². The summed E-state index contributed by atoms with van der Waals surface area (Å²) in [5.41, 5.74) is 1.30. The Morgan fingerprint density at radius 2 is 2.00 bits per heavy atom. The fourth-order valence-electron chi connectivity index (χ4n) is 1.89. The zero-order valence-corrected chi connectivity index (χ0v) is 11.8. The number of carboxylic acids is 1. The first kappa shape index (κ1) is 14.3. The van der Waals surface area contributed by atoms with E-state index in [2.05, 4.69) is 17.2 Å². The number of halogens is 1. The van der Waals surface area contributed by atoms with Crippen LogP contribution >= 0.6 is 11.6 Å². The van der Waals surface area contributed by atoms with Crippen LogP contribution in [0, 0.1) is 0 Å². The highest BCUT2D eigenvalue weighted by Gasteiger charge is 2.13. The van der Waals surface area contributed by atoms with E-state index in [0.29, 0.717) is 12.4 Å². The van der Waals surface area contributed by atoms with Crippen LogP contribution in [0.3, 0.4) is 0 Å². The molecule has 2 aromatic rings. The minimum atomic E-state index is -1.02. The molecule has 1 atom stereocenters. The third kappa shape index (κ3) is 3.48. The highest BCUT2D eigenvalue weighted by atomic mass is 35.5. The second-order valence-electron chi connectivity index (χ2n) is 4.53. The fraction of sp³-hybridized carbons (Fsp3) is 0.200. The summed E-state index contributed by atoms with van der Waals surface area (Å²) >= 11 is 5.81. The SMILES string of the molecule is CC(CNc1nc(Cl)ccc1C(=O)O)c1ccccc1. The van der Waals surface area contributed by atoms with Gasteiger partial charge in [0.05, 0.1) is 0 Å². The Kier molecular flexibility index (Phi) is 4.58. The molecular formula is C15H15ClN2O2. The van der Waals surface area contributed by atoms with Gasteiger partial charge in [-0.05, 0) is 23.6 Å². The first-order valence-corrected chi connectivity index (χ1v) is 6.64. The zero-order valence-electron chi connectivity index (χ0n) is 11.0. The van der Waals surface area contributed by atoms with Crippen LogP contribution in [0.2, 0.25) is 5.15 Å². The molecule has 20 heavy (non-hydrogen) atoms. The van der Waals surface area contributed by atoms with Crippen LogP contribution in [0.4, 0.5) is 5.82 Å². The number of pyridine rings is 1. The van der Waals surface area contributed by atoms with Gasteiger partial charge in [0.15, 0.2) is 0 Å². The Morgan fingerprint density at radius 1 is 1.30 bits per heavy atom. The lowest BCUT2D eigenvalue weighted by molar-refractivity contribution is 0.0697. The molecule has 0 fully saturated rings. The second-order valence-corrected chi connectivity index (χ2v) is 4.92. The molecule has 0 aliphatic heterocycles. The van der Waals surface area contributed by atoms with Crippen molar-refractivity contribution in [3.05, 3.63) is 58.7 Å². The molecule has 2 rings (SSSR count). The van der Waals surface area contributed by atoms with Crippen molar-refractivity contribution in [2.45, 2.75) is 12.8 Å². The molecule has 5 heteroatoms. The number of nitrogens with one attached hydrogen (secondary N) is 1. The predicted molar refractivity (Wildman–Crippen MR) is 79.6 cm³/mol. The number of hydrogen-bond donors (Lipinski definition) is 2. The summed E-state index contributed by atoms with van der Waals surface area (Å²) < 4.78 is 0. The molecule has 1 aromatic heterocycles. The topological polar surface area (TPSA) is 62.2 Å². The summed E-state index contributed by atoms with van der Waals surface area (Å²) in [6.07, 6.45) is 0. The second kappa shape index (κ2) is 6.39. The zero-order chi connectivity index (χ0) is 14.5. The maximum absolute atomic E-state index is 11.1. The van der Waals surface area contributed by atoms with Crippen LogP contribution < -0.4 is 5.32 Å². The maximum atomic E-state index is 11.1. The van der Waals surface area contributed by atoms with Crippen molar-refractivity contribution in [3.8, 4) is 0 Å². The Morgan fingerprint density at radius 3 is 2.65 bits per heavy atom. The smallest absolute Gasteiger partial charge is 0.339 e. The van der Waals surface area contributed by atoms with Gasteiger partial charge in [-0.3, -0.25) is 0 Å². The van der Waals surface area contributed by atoms with Gasteiger partial charge in [0.25, 0.3) is 0 Å². The number of hydrogen-bond acceptors (Lipinski definition) is 3. The lowest BCUT2D eigenvalue weighted by Crippen LogP contribution is -2.14. The van der Waals surface area contributed by atoms with Gasteiger partial charge in [0, 0.05) is 6.54 Å². The summed E-state index contributed by atoms with van der Waals surface area (Å²) in [5, 5.41) is 12.4. The van der Waals surface area contributed by atoms with Crippen molar-refractivity contribution in [1.29, 1.82) is 0 Å². The van der Waals surface area contributed by atoms with Crippen LogP contribution in [-0.4, -0.2) is 22.6 Å². The van der Waals surface area contributed by atoms with Crippen LogP contribution in [-0.2, 0) is 0 Å². The van der Waals surface area contributed by atoms with E-state index in [-0.39, 0.29) is 16.6 Å². The first-order valence-electron chi connectivity index (χ1n) is 6.26. The fourth-order valence-corrected chi connectivity index (χ4v) is 2.04. The van der Waals surface area contributed by atoms with Crippen LogP contribution in [0.5, 0.6) is 0 Å². The molecule has 0 spiro atoms. The van der Waals surface area contributed by atoms with Crippen LogP contribution in [0.15, 0.2) is 42.5 Å². The van der Waals surface area contributed by atoms with E-state index in [1.165, 1.54) is 17.7 Å². The number of benzene rings is 1. The van der Waals surface area contributed by atoms with Gasteiger partial charge >= 0.3 is 5.97 Å². The summed E-state index contributed by atoms with van der Waals surface area (Å²) in [7, 11) is 0. The third-order valence-electron chi connectivity index (χ3n) is 3.04. The van der Waals surface area contributed by atoms with Crippen LogP contribution in [0.1, 0.15) is 28.8 Å². The number of nitrogens with zero attached hydrogens (tertiary/aromatic N) is 1. The van der Waals surface area contributed by atoms with Crippen molar-refractivity contribution < 1.29 is 9.90 Å². The van der Waals surface area contributed by atoms with E-state index >= 15 is 0 Å². The largest absolute Gasteiger partial charge is 0.478 e. The number of aromatic nitrogens is 1. The Labute approximate surface area is 122 Å². The van der Waals surface area contributed by atoms with Crippen molar-refractivity contribution in [3.63, 3.8) is 0 Å². The van der Waals surface area contributed by atoms with E-state index in [9.17, 15) is 4.79 Å². The van der Waals surface area contributed by atoms with E-state index < -0.39 is 5.97 Å². The molecule has 104 valence electrons. The van der Waals surface area contributed by atoms with Gasteiger partial charge in [-0.15, -0.1) is 0 Å². The third-order valence-corrected chi connectivity index (χ3v) is 3.25. The molecule has 0 bridgehead atoms. The highest BCUT2D eigenvalue weighted by Crippen LogP contribution is 2.19. The Hall–Kier alpha value is -2.07. The number of carbonyl (C=O) groups is 1. The molecule has 0 radical (unpaired) electrons. The van der Waals surface area contributed by atoms with E-state index in [1.807, 2.05) is 30.3 Å². The van der Waals surface area contributed by atoms with E-state index in [1.54, 1.807) is 0 Å². The normalized spacial score (nSPS) is 11.9. The van der Waals surface area contributed by atoms with Crippen LogP contribution in [0.25, 0.3) is 0 Å². The van der Waals surface area contributed by atoms with E-state index in [4.69, 9.17) is 16.7 Å². The highest BCUT2D eigenvalue weighted by molar-refractivity contribution is 6.29. The molecule has 1 unspecified atom stereocenters. The quantitative estimate of drug-likeness (QED) is 0.825. The first-order chi connectivity index (χ1) is 9.58. The van der Waals surface area contributed by atoms with Crippen molar-refractivity contribution in [1.82, 2.24) is 4.98 Å². The summed E-state index contributed by atoms with van der Waals surface area (Å²) in [6.45, 7) is 2.64. The van der Waals surface area contributed by atoms with Crippen molar-refractivity contribution >= 4 is 23.4 Å². The number of anilines is 1. The minimum absolute atomic E-state index is 0.120. The lowest BCUT2D eigenvalue weighted by atomic mass is 10.0. The molecule has 4 nitrogen and oxygen atoms in total. The molecule has 0 aliphatic carbocycles. The van der Waals surface area contributed by atoms with Gasteiger partial charge < -0.3 is 10.4 Å². The summed E-state index contributed by atoms with van der Waals surface area (Å²) in [6, 6.07) is 12.9. The van der Waals surface area contributed by atoms with Gasteiger partial charge in [-0.2, -0.15) is 0 Å². The summed E-state index contributed by atoms with van der Waals surface area (Å²) in [5.74, 6) is -0.490. The number of carboxylic acid groups (broad SMARTS) is 1. The van der Waals surface area contributed by atoms with Crippen molar-refractivity contribution in [2.75, 3.05) is 11.9 Å². The molecule has 0 amide bonds.